The third kappa shape index (κ3) is 5.12. The van der Waals surface area contributed by atoms with Gasteiger partial charge in [0, 0.05) is 44.1 Å². The number of hydrogen-bond donors (Lipinski definition) is 1. The van der Waals surface area contributed by atoms with Crippen molar-refractivity contribution < 1.29 is 19.1 Å². The number of rotatable bonds is 9. The Morgan fingerprint density at radius 1 is 1.19 bits per heavy atom. The van der Waals surface area contributed by atoms with Crippen LogP contribution < -0.4 is 14.8 Å². The number of benzene rings is 1. The lowest BCUT2D eigenvalue weighted by molar-refractivity contribution is -0.133. The highest BCUT2D eigenvalue weighted by Crippen LogP contribution is 2.34. The molecule has 1 atom stereocenters. The molecule has 1 N–H and O–H groups in total. The maximum absolute atomic E-state index is 13.2. The molecule has 1 spiro atoms. The molecule has 1 unspecified atom stereocenters. The van der Waals surface area contributed by atoms with Crippen LogP contribution >= 0.6 is 11.8 Å². The van der Waals surface area contributed by atoms with Crippen LogP contribution in [0.3, 0.4) is 0 Å². The molecule has 7 nitrogen and oxygen atoms in total. The molecule has 0 saturated carbocycles. The zero-order valence-electron chi connectivity index (χ0n) is 19.1. The van der Waals surface area contributed by atoms with Gasteiger partial charge in [-0.05, 0) is 37.0 Å². The third-order valence-electron chi connectivity index (χ3n) is 6.35. The number of unbranched alkanes of at least 4 members (excludes halogenated alkanes) is 1. The monoisotopic (exact) mass is 449 g/mol. The van der Waals surface area contributed by atoms with Crippen molar-refractivity contribution in [1.82, 2.24) is 15.1 Å². The average Bonchev–Trinajstić information content (AvgIpc) is 3.05. The van der Waals surface area contributed by atoms with Crippen LogP contribution in [0.2, 0.25) is 0 Å². The highest BCUT2D eigenvalue weighted by molar-refractivity contribution is 7.98. The van der Waals surface area contributed by atoms with Gasteiger partial charge in [0.05, 0.1) is 25.9 Å². The number of carbonyl (C=O) groups excluding carboxylic acids is 2. The predicted molar refractivity (Wildman–Crippen MR) is 124 cm³/mol. The first kappa shape index (κ1) is 23.7. The molecule has 1 aromatic carbocycles. The van der Waals surface area contributed by atoms with Crippen LogP contribution in [0, 0.1) is 0 Å². The molecule has 3 rings (SSSR count). The molecule has 2 saturated heterocycles. The van der Waals surface area contributed by atoms with Crippen molar-refractivity contribution in [2.24, 2.45) is 0 Å². The number of ether oxygens (including phenoxy) is 2. The first-order chi connectivity index (χ1) is 15.0. The van der Waals surface area contributed by atoms with Gasteiger partial charge in [0.1, 0.15) is 11.5 Å². The highest BCUT2D eigenvalue weighted by atomic mass is 32.2. The molecule has 1 aromatic rings. The molecular formula is C23H35N3O4S. The lowest BCUT2D eigenvalue weighted by atomic mass is 9.95. The number of thioether (sulfide) groups is 1. The van der Waals surface area contributed by atoms with E-state index in [-0.39, 0.29) is 23.5 Å². The molecule has 2 heterocycles. The third-order valence-corrected chi connectivity index (χ3v) is 6.99. The Hall–Kier alpha value is -1.93. The molecule has 172 valence electrons. The van der Waals surface area contributed by atoms with Gasteiger partial charge in [0.25, 0.3) is 5.91 Å². The van der Waals surface area contributed by atoms with Crippen molar-refractivity contribution in [3.05, 3.63) is 23.8 Å². The van der Waals surface area contributed by atoms with Crippen molar-refractivity contribution >= 4 is 23.6 Å². The van der Waals surface area contributed by atoms with Crippen molar-refractivity contribution in [3.63, 3.8) is 0 Å². The van der Waals surface area contributed by atoms with Gasteiger partial charge in [0.2, 0.25) is 5.91 Å². The topological polar surface area (TPSA) is 71.1 Å². The molecule has 0 bridgehead atoms. The van der Waals surface area contributed by atoms with Gasteiger partial charge in [0.15, 0.2) is 0 Å². The largest absolute Gasteiger partial charge is 0.497 e. The SMILES string of the molecule is CCCCN1C(=O)C(CCSC)NC12CCN(C(=O)c1cc(OC)cc(OC)c1)CC2. The van der Waals surface area contributed by atoms with E-state index in [2.05, 4.69) is 23.4 Å². The van der Waals surface area contributed by atoms with Crippen molar-refractivity contribution in [3.8, 4) is 11.5 Å². The normalized spacial score (nSPS) is 20.4. The smallest absolute Gasteiger partial charge is 0.254 e. The summed E-state index contributed by atoms with van der Waals surface area (Å²) in [6.07, 6.45) is 6.45. The van der Waals surface area contributed by atoms with E-state index in [1.165, 1.54) is 0 Å². The van der Waals surface area contributed by atoms with Crippen LogP contribution in [0.15, 0.2) is 18.2 Å². The lowest BCUT2D eigenvalue weighted by Gasteiger charge is -2.44. The van der Waals surface area contributed by atoms with E-state index in [0.717, 1.165) is 44.4 Å². The summed E-state index contributed by atoms with van der Waals surface area (Å²) in [5, 5.41) is 3.67. The number of nitrogens with one attached hydrogen (secondary N) is 1. The summed E-state index contributed by atoms with van der Waals surface area (Å²) in [6.45, 7) is 4.14. The van der Waals surface area contributed by atoms with Crippen LogP contribution in [-0.4, -0.2) is 79.2 Å². The number of methoxy groups -OCH3 is 2. The van der Waals surface area contributed by atoms with Crippen LogP contribution in [0.1, 0.15) is 49.4 Å². The number of amides is 2. The molecule has 2 fully saturated rings. The van der Waals surface area contributed by atoms with Gasteiger partial charge in [-0.1, -0.05) is 13.3 Å². The van der Waals surface area contributed by atoms with Crippen LogP contribution in [0.5, 0.6) is 11.5 Å². The number of nitrogens with zero attached hydrogens (tertiary/aromatic N) is 2. The minimum Gasteiger partial charge on any atom is -0.497 e. The molecule has 2 amide bonds. The Kier molecular flexibility index (Phi) is 8.11. The first-order valence-electron chi connectivity index (χ1n) is 11.1. The Morgan fingerprint density at radius 2 is 1.84 bits per heavy atom. The summed E-state index contributed by atoms with van der Waals surface area (Å²) >= 11 is 1.77. The fourth-order valence-electron chi connectivity index (χ4n) is 4.54. The fourth-order valence-corrected chi connectivity index (χ4v) is 5.01. The van der Waals surface area contributed by atoms with E-state index < -0.39 is 0 Å². The quantitative estimate of drug-likeness (QED) is 0.625. The minimum atomic E-state index is -0.335. The Labute approximate surface area is 189 Å². The summed E-state index contributed by atoms with van der Waals surface area (Å²) in [4.78, 5) is 30.2. The van der Waals surface area contributed by atoms with Crippen LogP contribution in [0.25, 0.3) is 0 Å². The van der Waals surface area contributed by atoms with Gasteiger partial charge in [-0.3, -0.25) is 14.9 Å². The van der Waals surface area contributed by atoms with E-state index >= 15 is 0 Å². The lowest BCUT2D eigenvalue weighted by Crippen LogP contribution is -2.59. The standard InChI is InChI=1S/C23H35N3O4S/c1-5-6-10-26-22(28)20(7-13-31-4)24-23(26)8-11-25(12-9-23)21(27)17-14-18(29-2)16-19(15-17)30-3/h14-16,20,24H,5-13H2,1-4H3. The zero-order chi connectivity index (χ0) is 22.4. The van der Waals surface area contributed by atoms with Crippen molar-refractivity contribution in [2.75, 3.05) is 45.9 Å². The summed E-state index contributed by atoms with van der Waals surface area (Å²) in [6, 6.07) is 5.14. The molecule has 8 heteroatoms. The average molecular weight is 450 g/mol. The highest BCUT2D eigenvalue weighted by Gasteiger charge is 2.51. The second kappa shape index (κ2) is 10.6. The number of likely N-dealkylation sites (tertiary alicyclic amines) is 1. The second-order valence-electron chi connectivity index (χ2n) is 8.25. The van der Waals surface area contributed by atoms with Gasteiger partial charge < -0.3 is 19.3 Å². The van der Waals surface area contributed by atoms with Crippen LogP contribution in [-0.2, 0) is 4.79 Å². The van der Waals surface area contributed by atoms with Gasteiger partial charge in [-0.15, -0.1) is 0 Å². The molecule has 0 radical (unpaired) electrons. The molecule has 31 heavy (non-hydrogen) atoms. The van der Waals surface area contributed by atoms with E-state index in [1.54, 1.807) is 44.2 Å². The van der Waals surface area contributed by atoms with Crippen molar-refractivity contribution in [2.45, 2.75) is 50.7 Å². The zero-order valence-corrected chi connectivity index (χ0v) is 19.9. The van der Waals surface area contributed by atoms with E-state index in [4.69, 9.17) is 9.47 Å². The van der Waals surface area contributed by atoms with Gasteiger partial charge >= 0.3 is 0 Å². The first-order valence-corrected chi connectivity index (χ1v) is 12.5. The Bertz CT molecular complexity index is 758. The number of hydrogen-bond acceptors (Lipinski definition) is 6. The van der Waals surface area contributed by atoms with Gasteiger partial charge in [-0.25, -0.2) is 0 Å². The predicted octanol–water partition coefficient (Wildman–Crippen LogP) is 2.99. The summed E-state index contributed by atoms with van der Waals surface area (Å²) in [5.41, 5.74) is 0.223. The maximum Gasteiger partial charge on any atom is 0.254 e. The Morgan fingerprint density at radius 3 is 2.39 bits per heavy atom. The maximum atomic E-state index is 13.2. The second-order valence-corrected chi connectivity index (χ2v) is 9.23. The summed E-state index contributed by atoms with van der Waals surface area (Å²) < 4.78 is 10.6. The van der Waals surface area contributed by atoms with Crippen LogP contribution in [0.4, 0.5) is 0 Å². The molecule has 0 aromatic heterocycles. The minimum absolute atomic E-state index is 0.0320. The molecule has 2 aliphatic heterocycles. The number of carbonyl (C=O) groups is 2. The van der Waals surface area contributed by atoms with Crippen molar-refractivity contribution in [1.29, 1.82) is 0 Å². The van der Waals surface area contributed by atoms with E-state index in [0.29, 0.717) is 30.2 Å². The molecular weight excluding hydrogens is 414 g/mol. The summed E-state index contributed by atoms with van der Waals surface area (Å²) in [5.74, 6) is 2.35. The summed E-state index contributed by atoms with van der Waals surface area (Å²) in [7, 11) is 3.16. The molecule has 0 aliphatic carbocycles. The Balaban J connectivity index is 1.73. The van der Waals surface area contributed by atoms with Gasteiger partial charge in [-0.2, -0.15) is 11.8 Å². The molecule has 2 aliphatic rings. The van der Waals surface area contributed by atoms with E-state index in [1.807, 2.05) is 4.90 Å². The fraction of sp³-hybridized carbons (Fsp3) is 0.652. The number of piperidine rings is 1. The van der Waals surface area contributed by atoms with E-state index in [9.17, 15) is 9.59 Å².